The number of halogens is 1. The van der Waals surface area contributed by atoms with Crippen molar-refractivity contribution in [3.63, 3.8) is 0 Å². The topological polar surface area (TPSA) is 43.7 Å². The number of nitrogens with zero attached hydrogens (tertiary/aromatic N) is 1. The molecule has 0 aromatic heterocycles. The Morgan fingerprint density at radius 1 is 1.50 bits per heavy atom. The number of aliphatic hydroxyl groups is 2. The molecule has 4 heteroatoms. The van der Waals surface area contributed by atoms with Gasteiger partial charge in [0.25, 0.3) is 0 Å². The van der Waals surface area contributed by atoms with E-state index in [9.17, 15) is 10.2 Å². The van der Waals surface area contributed by atoms with Crippen LogP contribution >= 0.6 is 11.6 Å². The first-order chi connectivity index (χ1) is 8.61. The summed E-state index contributed by atoms with van der Waals surface area (Å²) in [7, 11) is 0. The molecule has 0 amide bonds. The molecular formula is C14H20ClNO2. The lowest BCUT2D eigenvalue weighted by atomic mass is 9.98. The highest BCUT2D eigenvalue weighted by molar-refractivity contribution is 6.33. The molecule has 3 nitrogen and oxygen atoms in total. The van der Waals surface area contributed by atoms with E-state index < -0.39 is 6.10 Å². The van der Waals surface area contributed by atoms with E-state index in [0.717, 1.165) is 37.2 Å². The lowest BCUT2D eigenvalue weighted by molar-refractivity contribution is 0.199. The van der Waals surface area contributed by atoms with Crippen LogP contribution in [0.15, 0.2) is 18.2 Å². The van der Waals surface area contributed by atoms with Crippen LogP contribution in [0.4, 0.5) is 5.69 Å². The first-order valence-electron chi connectivity index (χ1n) is 6.45. The highest BCUT2D eigenvalue weighted by atomic mass is 35.5. The van der Waals surface area contributed by atoms with Crippen LogP contribution in [0.5, 0.6) is 0 Å². The molecule has 1 aromatic carbocycles. The van der Waals surface area contributed by atoms with Gasteiger partial charge in [-0.1, -0.05) is 17.7 Å². The van der Waals surface area contributed by atoms with Gasteiger partial charge >= 0.3 is 0 Å². The summed E-state index contributed by atoms with van der Waals surface area (Å²) in [5.41, 5.74) is 1.83. The van der Waals surface area contributed by atoms with Gasteiger partial charge in [0.2, 0.25) is 0 Å². The smallest absolute Gasteiger partial charge is 0.0762 e. The van der Waals surface area contributed by atoms with E-state index in [1.807, 2.05) is 18.2 Å². The van der Waals surface area contributed by atoms with Crippen molar-refractivity contribution in [2.45, 2.75) is 25.9 Å². The normalized spacial score (nSPS) is 22.0. The Hall–Kier alpha value is -0.770. The maximum absolute atomic E-state index is 9.52. The minimum Gasteiger partial charge on any atom is -0.396 e. The van der Waals surface area contributed by atoms with Crippen LogP contribution in [0.2, 0.25) is 5.02 Å². The third kappa shape index (κ3) is 2.97. The molecule has 2 N–H and O–H groups in total. The molecule has 0 aliphatic carbocycles. The Balaban J connectivity index is 2.17. The molecule has 1 aromatic rings. The molecule has 18 heavy (non-hydrogen) atoms. The number of aliphatic hydroxyl groups excluding tert-OH is 2. The molecule has 2 atom stereocenters. The molecule has 0 radical (unpaired) electrons. The van der Waals surface area contributed by atoms with Crippen LogP contribution in [0.25, 0.3) is 0 Å². The van der Waals surface area contributed by atoms with Crippen molar-refractivity contribution in [1.29, 1.82) is 0 Å². The molecule has 0 saturated carbocycles. The van der Waals surface area contributed by atoms with Gasteiger partial charge < -0.3 is 15.1 Å². The quantitative estimate of drug-likeness (QED) is 0.887. The number of hydrogen-bond donors (Lipinski definition) is 2. The van der Waals surface area contributed by atoms with E-state index in [2.05, 4.69) is 4.90 Å². The summed E-state index contributed by atoms with van der Waals surface area (Å²) < 4.78 is 0. The van der Waals surface area contributed by atoms with Gasteiger partial charge in [0, 0.05) is 19.7 Å². The van der Waals surface area contributed by atoms with E-state index in [1.54, 1.807) is 6.92 Å². The maximum Gasteiger partial charge on any atom is 0.0762 e. The Morgan fingerprint density at radius 2 is 2.28 bits per heavy atom. The third-order valence-electron chi connectivity index (χ3n) is 3.57. The maximum atomic E-state index is 9.52. The molecule has 0 spiro atoms. The van der Waals surface area contributed by atoms with Crippen LogP contribution < -0.4 is 4.90 Å². The average Bonchev–Trinajstić information content (AvgIpc) is 2.38. The molecule has 1 heterocycles. The van der Waals surface area contributed by atoms with Gasteiger partial charge in [-0.15, -0.1) is 0 Å². The summed E-state index contributed by atoms with van der Waals surface area (Å²) in [6, 6.07) is 5.70. The van der Waals surface area contributed by atoms with E-state index in [0.29, 0.717) is 10.9 Å². The Bertz CT molecular complexity index is 409. The first-order valence-corrected chi connectivity index (χ1v) is 6.83. The zero-order valence-corrected chi connectivity index (χ0v) is 11.4. The van der Waals surface area contributed by atoms with Crippen LogP contribution in [0, 0.1) is 5.92 Å². The van der Waals surface area contributed by atoms with Crippen LogP contribution in [0.1, 0.15) is 31.4 Å². The molecule has 2 rings (SSSR count). The zero-order chi connectivity index (χ0) is 13.1. The van der Waals surface area contributed by atoms with Gasteiger partial charge in [-0.05, 0) is 43.4 Å². The largest absolute Gasteiger partial charge is 0.396 e. The van der Waals surface area contributed by atoms with Crippen LogP contribution in [-0.4, -0.2) is 29.9 Å². The fourth-order valence-electron chi connectivity index (χ4n) is 2.47. The monoisotopic (exact) mass is 269 g/mol. The summed E-state index contributed by atoms with van der Waals surface area (Å²) in [4.78, 5) is 2.22. The minimum absolute atomic E-state index is 0.236. The van der Waals surface area contributed by atoms with Crippen LogP contribution in [0.3, 0.4) is 0 Å². The van der Waals surface area contributed by atoms with Crippen LogP contribution in [-0.2, 0) is 0 Å². The molecule has 1 saturated heterocycles. The van der Waals surface area contributed by atoms with E-state index >= 15 is 0 Å². The van der Waals surface area contributed by atoms with E-state index in [-0.39, 0.29) is 6.61 Å². The number of rotatable bonds is 3. The van der Waals surface area contributed by atoms with Gasteiger partial charge in [-0.25, -0.2) is 0 Å². The van der Waals surface area contributed by atoms with Crippen molar-refractivity contribution >= 4 is 17.3 Å². The zero-order valence-electron chi connectivity index (χ0n) is 10.6. The van der Waals surface area contributed by atoms with Gasteiger partial charge in [-0.2, -0.15) is 0 Å². The minimum atomic E-state index is -0.497. The predicted molar refractivity (Wildman–Crippen MR) is 74.1 cm³/mol. The summed E-state index contributed by atoms with van der Waals surface area (Å²) in [6.45, 7) is 3.79. The summed E-state index contributed by atoms with van der Waals surface area (Å²) in [5, 5.41) is 19.4. The van der Waals surface area contributed by atoms with Gasteiger partial charge in [0.15, 0.2) is 0 Å². The van der Waals surface area contributed by atoms with Crippen molar-refractivity contribution in [2.24, 2.45) is 5.92 Å². The summed E-state index contributed by atoms with van der Waals surface area (Å²) >= 11 is 6.28. The number of anilines is 1. The van der Waals surface area contributed by atoms with Crippen molar-refractivity contribution in [3.8, 4) is 0 Å². The Labute approximate surface area is 113 Å². The second-order valence-electron chi connectivity index (χ2n) is 5.02. The molecule has 1 fully saturated rings. The van der Waals surface area contributed by atoms with Gasteiger partial charge in [-0.3, -0.25) is 0 Å². The molecule has 1 aliphatic rings. The number of piperidine rings is 1. The average molecular weight is 270 g/mol. The Morgan fingerprint density at radius 3 is 2.89 bits per heavy atom. The second kappa shape index (κ2) is 5.91. The highest BCUT2D eigenvalue weighted by Gasteiger charge is 2.21. The van der Waals surface area contributed by atoms with Gasteiger partial charge in [0.05, 0.1) is 16.8 Å². The summed E-state index contributed by atoms with van der Waals surface area (Å²) in [6.07, 6.45) is 1.67. The predicted octanol–water partition coefficient (Wildman–Crippen LogP) is 2.60. The fraction of sp³-hybridized carbons (Fsp3) is 0.571. The summed E-state index contributed by atoms with van der Waals surface area (Å²) in [5.74, 6) is 0.339. The van der Waals surface area contributed by atoms with Crippen molar-refractivity contribution < 1.29 is 10.2 Å². The van der Waals surface area contributed by atoms with E-state index in [1.165, 1.54) is 0 Å². The SMILES string of the molecule is C[C@@H](O)c1ccc(N2CCCC(CO)C2)c(Cl)c1. The van der Waals surface area contributed by atoms with E-state index in [4.69, 9.17) is 11.6 Å². The lowest BCUT2D eigenvalue weighted by Gasteiger charge is -2.34. The molecular weight excluding hydrogens is 250 g/mol. The van der Waals surface area contributed by atoms with Crippen molar-refractivity contribution in [3.05, 3.63) is 28.8 Å². The van der Waals surface area contributed by atoms with Crippen molar-refractivity contribution in [1.82, 2.24) is 0 Å². The van der Waals surface area contributed by atoms with Gasteiger partial charge in [0.1, 0.15) is 0 Å². The standard InChI is InChI=1S/C14H20ClNO2/c1-10(18)12-4-5-14(13(15)7-12)16-6-2-3-11(8-16)9-17/h4-5,7,10-11,17-18H,2-3,6,8-9H2,1H3/t10-,11?/m1/s1. The fourth-order valence-corrected chi connectivity index (χ4v) is 2.78. The molecule has 1 unspecified atom stereocenters. The number of benzene rings is 1. The second-order valence-corrected chi connectivity index (χ2v) is 5.43. The Kier molecular flexibility index (Phi) is 4.49. The molecule has 1 aliphatic heterocycles. The molecule has 100 valence electrons. The van der Waals surface area contributed by atoms with Crippen molar-refractivity contribution in [2.75, 3.05) is 24.6 Å². The molecule has 0 bridgehead atoms. The number of hydrogen-bond acceptors (Lipinski definition) is 3. The highest BCUT2D eigenvalue weighted by Crippen LogP contribution is 2.31. The first kappa shape index (κ1) is 13.7. The third-order valence-corrected chi connectivity index (χ3v) is 3.87. The lowest BCUT2D eigenvalue weighted by Crippen LogP contribution is -2.36.